The Morgan fingerprint density at radius 1 is 1.40 bits per heavy atom. The molecule has 0 amide bonds. The van der Waals surface area contributed by atoms with E-state index in [1.165, 1.54) is 7.11 Å². The lowest BCUT2D eigenvalue weighted by atomic mass is 9.76. The van der Waals surface area contributed by atoms with Crippen molar-refractivity contribution in [2.45, 2.75) is 32.3 Å². The van der Waals surface area contributed by atoms with Gasteiger partial charge in [0, 0.05) is 0 Å². The Hall–Kier alpha value is -0.220. The van der Waals surface area contributed by atoms with Crippen molar-refractivity contribution in [1.82, 2.24) is 0 Å². The van der Waals surface area contributed by atoms with Crippen LogP contribution in [0.15, 0.2) is 0 Å². The van der Waals surface area contributed by atoms with Gasteiger partial charge in [-0.1, -0.05) is 13.8 Å². The molecule has 0 aliphatic carbocycles. The third kappa shape index (κ3) is 2.88. The lowest BCUT2D eigenvalue weighted by Crippen LogP contribution is -2.48. The standard InChI is InChI=1S/C11H20O3S/c1-8(2)9(10(12)14-3)11(13)4-6-15-7-5-11/h8-9,13H,4-7H2,1-3H3. The molecule has 88 valence electrons. The summed E-state index contributed by atoms with van der Waals surface area (Å²) in [4.78, 5) is 11.7. The minimum Gasteiger partial charge on any atom is -0.469 e. The Kier molecular flexibility index (Phi) is 4.46. The highest BCUT2D eigenvalue weighted by atomic mass is 32.2. The topological polar surface area (TPSA) is 46.5 Å². The van der Waals surface area contributed by atoms with E-state index in [9.17, 15) is 9.90 Å². The minimum absolute atomic E-state index is 0.116. The van der Waals surface area contributed by atoms with Crippen molar-refractivity contribution >= 4 is 17.7 Å². The van der Waals surface area contributed by atoms with Crippen molar-refractivity contribution in [2.24, 2.45) is 11.8 Å². The molecule has 15 heavy (non-hydrogen) atoms. The van der Waals surface area contributed by atoms with E-state index in [2.05, 4.69) is 0 Å². The SMILES string of the molecule is COC(=O)C(C(C)C)C1(O)CCSCC1. The van der Waals surface area contributed by atoms with Crippen LogP contribution < -0.4 is 0 Å². The number of rotatable bonds is 3. The van der Waals surface area contributed by atoms with Gasteiger partial charge in [-0.25, -0.2) is 0 Å². The zero-order chi connectivity index (χ0) is 11.5. The molecule has 1 unspecified atom stereocenters. The average molecular weight is 232 g/mol. The van der Waals surface area contributed by atoms with E-state index >= 15 is 0 Å². The highest BCUT2D eigenvalue weighted by Gasteiger charge is 2.44. The molecule has 1 heterocycles. The predicted octanol–water partition coefficient (Wildman–Crippen LogP) is 1.69. The van der Waals surface area contributed by atoms with Crippen molar-refractivity contribution in [3.05, 3.63) is 0 Å². The fourth-order valence-electron chi connectivity index (χ4n) is 2.27. The maximum absolute atomic E-state index is 11.7. The molecular weight excluding hydrogens is 212 g/mol. The van der Waals surface area contributed by atoms with Crippen molar-refractivity contribution < 1.29 is 14.6 Å². The van der Waals surface area contributed by atoms with Crippen molar-refractivity contribution in [2.75, 3.05) is 18.6 Å². The second-order valence-electron chi connectivity index (χ2n) is 4.46. The van der Waals surface area contributed by atoms with E-state index in [1.54, 1.807) is 0 Å². The molecule has 1 saturated heterocycles. The summed E-state index contributed by atoms with van der Waals surface area (Å²) >= 11 is 1.83. The van der Waals surface area contributed by atoms with Crippen LogP contribution in [0.4, 0.5) is 0 Å². The number of thioether (sulfide) groups is 1. The lowest BCUT2D eigenvalue weighted by molar-refractivity contribution is -0.160. The van der Waals surface area contributed by atoms with Crippen molar-refractivity contribution in [1.29, 1.82) is 0 Å². The number of esters is 1. The number of carbonyl (C=O) groups is 1. The molecule has 0 aromatic carbocycles. The fraction of sp³-hybridized carbons (Fsp3) is 0.909. The first-order chi connectivity index (χ1) is 7.01. The van der Waals surface area contributed by atoms with Gasteiger partial charge in [-0.15, -0.1) is 0 Å². The Balaban J connectivity index is 2.81. The van der Waals surface area contributed by atoms with Gasteiger partial charge in [-0.05, 0) is 30.3 Å². The molecule has 1 fully saturated rings. The minimum atomic E-state index is -0.855. The summed E-state index contributed by atoms with van der Waals surface area (Å²) < 4.78 is 4.79. The molecule has 0 aromatic heterocycles. The molecule has 0 radical (unpaired) electrons. The number of ether oxygens (including phenoxy) is 1. The highest BCUT2D eigenvalue weighted by Crippen LogP contribution is 2.37. The molecule has 3 nitrogen and oxygen atoms in total. The Morgan fingerprint density at radius 2 is 1.93 bits per heavy atom. The predicted molar refractivity (Wildman–Crippen MR) is 61.9 cm³/mol. The smallest absolute Gasteiger partial charge is 0.311 e. The molecule has 1 N–H and O–H groups in total. The van der Waals surface area contributed by atoms with Crippen LogP contribution in [0.25, 0.3) is 0 Å². The molecule has 0 bridgehead atoms. The summed E-state index contributed by atoms with van der Waals surface area (Å²) in [5.41, 5.74) is -0.855. The second kappa shape index (κ2) is 5.21. The molecule has 1 aliphatic rings. The Labute approximate surface area is 95.6 Å². The van der Waals surface area contributed by atoms with Gasteiger partial charge in [0.25, 0.3) is 0 Å². The van der Waals surface area contributed by atoms with Crippen LogP contribution in [0.3, 0.4) is 0 Å². The summed E-state index contributed by atoms with van der Waals surface area (Å²) in [6.07, 6.45) is 1.38. The number of hydrogen-bond donors (Lipinski definition) is 1. The fourth-order valence-corrected chi connectivity index (χ4v) is 3.47. The van der Waals surface area contributed by atoms with E-state index in [-0.39, 0.29) is 17.8 Å². The maximum Gasteiger partial charge on any atom is 0.311 e. The lowest BCUT2D eigenvalue weighted by Gasteiger charge is -2.39. The summed E-state index contributed by atoms with van der Waals surface area (Å²) in [5, 5.41) is 10.5. The molecule has 1 rings (SSSR count). The van der Waals surface area contributed by atoms with Gasteiger partial charge in [0.1, 0.15) is 0 Å². The maximum atomic E-state index is 11.7. The van der Waals surface area contributed by atoms with Gasteiger partial charge in [-0.3, -0.25) is 4.79 Å². The first-order valence-electron chi connectivity index (χ1n) is 5.39. The van der Waals surface area contributed by atoms with Crippen molar-refractivity contribution in [3.63, 3.8) is 0 Å². The van der Waals surface area contributed by atoms with Gasteiger partial charge in [0.05, 0.1) is 18.6 Å². The number of methoxy groups -OCH3 is 1. The Bertz CT molecular complexity index is 222. The monoisotopic (exact) mass is 232 g/mol. The van der Waals surface area contributed by atoms with Crippen LogP contribution in [0.2, 0.25) is 0 Å². The molecular formula is C11H20O3S. The zero-order valence-electron chi connectivity index (χ0n) is 9.66. The molecule has 0 spiro atoms. The average Bonchev–Trinajstić information content (AvgIpc) is 2.17. The number of hydrogen-bond acceptors (Lipinski definition) is 4. The van der Waals surface area contributed by atoms with Crippen LogP contribution in [0, 0.1) is 11.8 Å². The van der Waals surface area contributed by atoms with Crippen LogP contribution in [0.1, 0.15) is 26.7 Å². The highest BCUT2D eigenvalue weighted by molar-refractivity contribution is 7.99. The van der Waals surface area contributed by atoms with E-state index in [0.29, 0.717) is 12.8 Å². The largest absolute Gasteiger partial charge is 0.469 e. The van der Waals surface area contributed by atoms with Gasteiger partial charge in [0.15, 0.2) is 0 Å². The van der Waals surface area contributed by atoms with Gasteiger partial charge in [-0.2, -0.15) is 11.8 Å². The summed E-state index contributed by atoms with van der Waals surface area (Å²) in [7, 11) is 1.39. The molecule has 1 atom stereocenters. The van der Waals surface area contributed by atoms with Gasteiger partial charge >= 0.3 is 5.97 Å². The van der Waals surface area contributed by atoms with E-state index in [4.69, 9.17) is 4.74 Å². The van der Waals surface area contributed by atoms with E-state index < -0.39 is 5.60 Å². The quantitative estimate of drug-likeness (QED) is 0.752. The van der Waals surface area contributed by atoms with E-state index in [1.807, 2.05) is 25.6 Å². The van der Waals surface area contributed by atoms with Gasteiger partial charge < -0.3 is 9.84 Å². The van der Waals surface area contributed by atoms with Crippen LogP contribution in [-0.4, -0.2) is 35.3 Å². The van der Waals surface area contributed by atoms with Gasteiger partial charge in [0.2, 0.25) is 0 Å². The number of aliphatic hydroxyl groups is 1. The Morgan fingerprint density at radius 3 is 2.33 bits per heavy atom. The normalized spacial score (nSPS) is 22.5. The first kappa shape index (κ1) is 12.8. The zero-order valence-corrected chi connectivity index (χ0v) is 10.5. The summed E-state index contributed by atoms with van der Waals surface area (Å²) in [5.74, 6) is 1.31. The summed E-state index contributed by atoms with van der Waals surface area (Å²) in [6.45, 7) is 3.92. The van der Waals surface area contributed by atoms with Crippen LogP contribution in [0.5, 0.6) is 0 Å². The molecule has 0 saturated carbocycles. The van der Waals surface area contributed by atoms with Crippen LogP contribution >= 0.6 is 11.8 Å². The number of carbonyl (C=O) groups excluding carboxylic acids is 1. The first-order valence-corrected chi connectivity index (χ1v) is 6.54. The molecule has 0 aromatic rings. The molecule has 1 aliphatic heterocycles. The van der Waals surface area contributed by atoms with E-state index in [0.717, 1.165) is 11.5 Å². The third-order valence-electron chi connectivity index (χ3n) is 3.06. The second-order valence-corrected chi connectivity index (χ2v) is 5.69. The third-order valence-corrected chi connectivity index (χ3v) is 4.04. The van der Waals surface area contributed by atoms with Crippen LogP contribution in [-0.2, 0) is 9.53 Å². The van der Waals surface area contributed by atoms with Crippen molar-refractivity contribution in [3.8, 4) is 0 Å². The molecule has 4 heteroatoms. The summed E-state index contributed by atoms with van der Waals surface area (Å²) in [6, 6.07) is 0.